The number of carbonyl (C=O) groups excluding carboxylic acids is 2. The molecule has 0 bridgehead atoms. The zero-order chi connectivity index (χ0) is 30.5. The molecule has 0 aliphatic carbocycles. The highest BCUT2D eigenvalue weighted by atomic mass is 19.4. The molecule has 2 fully saturated rings. The molecule has 2 aliphatic heterocycles. The Labute approximate surface area is 241 Å². The van der Waals surface area contributed by atoms with Gasteiger partial charge in [0, 0.05) is 55.8 Å². The Bertz CT molecular complexity index is 1710. The Kier molecular flexibility index (Phi) is 6.98. The fourth-order valence-corrected chi connectivity index (χ4v) is 5.89. The minimum Gasteiger partial charge on any atom is -0.358 e. The summed E-state index contributed by atoms with van der Waals surface area (Å²) in [6, 6.07) is 10.6. The van der Waals surface area contributed by atoms with E-state index < -0.39 is 40.6 Å². The second kappa shape index (κ2) is 10.5. The molecule has 0 saturated carbocycles. The van der Waals surface area contributed by atoms with Gasteiger partial charge in [-0.3, -0.25) is 14.6 Å². The van der Waals surface area contributed by atoms with E-state index in [9.17, 15) is 35.9 Å². The number of anilines is 1. The molecular weight excluding hydrogens is 576 g/mol. The van der Waals surface area contributed by atoms with Crippen molar-refractivity contribution in [1.29, 1.82) is 0 Å². The average Bonchev–Trinajstić information content (AvgIpc) is 3.57. The standard InChI is InChI=1S/C30H23F6N5O2/c31-22-5-4-20(14-21(22)30(34,35)36)41-26(18-2-1-10-37-17-18)16-25(38-41)28(43)39-12-8-29(9-13-39)27(42)7-11-40(29)19-3-6-23(32)24(33)15-19/h1-6,10,14-17H,7-9,11-13H2. The van der Waals surface area contributed by atoms with Crippen molar-refractivity contribution in [2.75, 3.05) is 24.5 Å². The lowest BCUT2D eigenvalue weighted by molar-refractivity contribution is -0.140. The minimum absolute atomic E-state index is 0.0516. The molecule has 0 unspecified atom stereocenters. The van der Waals surface area contributed by atoms with Crippen LogP contribution >= 0.6 is 0 Å². The van der Waals surface area contributed by atoms with Crippen LogP contribution in [-0.4, -0.2) is 56.5 Å². The fraction of sp³-hybridized carbons (Fsp3) is 0.267. The van der Waals surface area contributed by atoms with E-state index in [1.165, 1.54) is 29.4 Å². The van der Waals surface area contributed by atoms with E-state index in [1.54, 1.807) is 17.0 Å². The number of piperidine rings is 1. The number of carbonyl (C=O) groups is 2. The van der Waals surface area contributed by atoms with Crippen molar-refractivity contribution in [3.05, 3.63) is 95.7 Å². The predicted molar refractivity (Wildman–Crippen MR) is 143 cm³/mol. The van der Waals surface area contributed by atoms with Gasteiger partial charge in [-0.05, 0) is 61.4 Å². The third-order valence-corrected chi connectivity index (χ3v) is 8.08. The molecule has 1 spiro atoms. The average molecular weight is 600 g/mol. The topological polar surface area (TPSA) is 71.3 Å². The van der Waals surface area contributed by atoms with Crippen molar-refractivity contribution >= 4 is 17.4 Å². The Balaban J connectivity index is 1.30. The largest absolute Gasteiger partial charge is 0.419 e. The number of amides is 1. The number of nitrogens with zero attached hydrogens (tertiary/aromatic N) is 5. The number of aromatic nitrogens is 3. The highest BCUT2D eigenvalue weighted by Gasteiger charge is 2.50. The highest BCUT2D eigenvalue weighted by Crippen LogP contribution is 2.40. The van der Waals surface area contributed by atoms with E-state index in [0.29, 0.717) is 29.9 Å². The van der Waals surface area contributed by atoms with Gasteiger partial charge in [0.15, 0.2) is 23.1 Å². The second-order valence-electron chi connectivity index (χ2n) is 10.5. The Morgan fingerprint density at radius 1 is 0.860 bits per heavy atom. The smallest absolute Gasteiger partial charge is 0.358 e. The molecule has 4 heterocycles. The van der Waals surface area contributed by atoms with Crippen LogP contribution in [0.1, 0.15) is 35.3 Å². The molecule has 43 heavy (non-hydrogen) atoms. The van der Waals surface area contributed by atoms with Gasteiger partial charge in [-0.15, -0.1) is 0 Å². The van der Waals surface area contributed by atoms with Crippen molar-refractivity contribution in [3.8, 4) is 16.9 Å². The first-order valence-corrected chi connectivity index (χ1v) is 13.4. The number of hydrogen-bond acceptors (Lipinski definition) is 5. The molecule has 2 aliphatic rings. The summed E-state index contributed by atoms with van der Waals surface area (Å²) in [4.78, 5) is 34.0. The van der Waals surface area contributed by atoms with Crippen LogP contribution in [0, 0.1) is 17.5 Å². The van der Waals surface area contributed by atoms with E-state index >= 15 is 0 Å². The van der Waals surface area contributed by atoms with Crippen LogP contribution < -0.4 is 4.90 Å². The normalized spacial score (nSPS) is 16.7. The van der Waals surface area contributed by atoms with Crippen LogP contribution in [0.25, 0.3) is 16.9 Å². The summed E-state index contributed by atoms with van der Waals surface area (Å²) in [7, 11) is 0. The number of benzene rings is 2. The number of likely N-dealkylation sites (tertiary alicyclic amines) is 1. The van der Waals surface area contributed by atoms with Crippen molar-refractivity contribution in [2.24, 2.45) is 0 Å². The zero-order valence-electron chi connectivity index (χ0n) is 22.4. The first-order chi connectivity index (χ1) is 20.5. The third-order valence-electron chi connectivity index (χ3n) is 8.08. The Morgan fingerprint density at radius 3 is 2.26 bits per heavy atom. The lowest BCUT2D eigenvalue weighted by Gasteiger charge is -2.44. The molecule has 4 aromatic rings. The lowest BCUT2D eigenvalue weighted by Crippen LogP contribution is -2.56. The zero-order valence-corrected chi connectivity index (χ0v) is 22.4. The van der Waals surface area contributed by atoms with E-state index in [-0.39, 0.29) is 55.2 Å². The summed E-state index contributed by atoms with van der Waals surface area (Å²) in [5.41, 5.74) is -1.53. The number of rotatable bonds is 4. The molecule has 2 aromatic heterocycles. The summed E-state index contributed by atoms with van der Waals surface area (Å²) in [5.74, 6) is -4.03. The number of alkyl halides is 3. The summed E-state index contributed by atoms with van der Waals surface area (Å²) >= 11 is 0. The van der Waals surface area contributed by atoms with Gasteiger partial charge in [-0.25, -0.2) is 17.9 Å². The van der Waals surface area contributed by atoms with Crippen LogP contribution in [-0.2, 0) is 11.0 Å². The first kappa shape index (κ1) is 28.4. The van der Waals surface area contributed by atoms with Gasteiger partial charge in [0.1, 0.15) is 11.4 Å². The second-order valence-corrected chi connectivity index (χ2v) is 10.5. The van der Waals surface area contributed by atoms with Gasteiger partial charge in [0.2, 0.25) is 0 Å². The number of hydrogen-bond donors (Lipinski definition) is 0. The van der Waals surface area contributed by atoms with Gasteiger partial charge >= 0.3 is 6.18 Å². The SMILES string of the molecule is O=C(c1cc(-c2cccnc2)n(-c2ccc(F)c(C(F)(F)F)c2)n1)N1CCC2(CC1)C(=O)CCN2c1ccc(F)c(F)c1. The monoisotopic (exact) mass is 599 g/mol. The predicted octanol–water partition coefficient (Wildman–Crippen LogP) is 5.82. The maximum absolute atomic E-state index is 14.0. The third kappa shape index (κ3) is 5.02. The lowest BCUT2D eigenvalue weighted by atomic mass is 9.83. The summed E-state index contributed by atoms with van der Waals surface area (Å²) in [6.45, 7) is 0.623. The number of halogens is 6. The molecule has 2 aromatic carbocycles. The van der Waals surface area contributed by atoms with Crippen LogP contribution in [0.4, 0.5) is 32.0 Å². The summed E-state index contributed by atoms with van der Waals surface area (Å²) < 4.78 is 83.1. The summed E-state index contributed by atoms with van der Waals surface area (Å²) in [5, 5.41) is 4.32. The number of pyridine rings is 1. The minimum atomic E-state index is -4.95. The number of Topliss-reactive ketones (excluding diaryl/α,β-unsaturated/α-hetero) is 1. The van der Waals surface area contributed by atoms with Crippen molar-refractivity contribution in [2.45, 2.75) is 31.0 Å². The Morgan fingerprint density at radius 2 is 1.58 bits per heavy atom. The number of ketones is 1. The van der Waals surface area contributed by atoms with Crippen LogP contribution in [0.5, 0.6) is 0 Å². The molecule has 7 nitrogen and oxygen atoms in total. The quantitative estimate of drug-likeness (QED) is 0.277. The molecule has 0 atom stereocenters. The van der Waals surface area contributed by atoms with Gasteiger partial charge in [0.05, 0.1) is 16.9 Å². The van der Waals surface area contributed by atoms with Crippen LogP contribution in [0.15, 0.2) is 67.0 Å². The van der Waals surface area contributed by atoms with E-state index in [4.69, 9.17) is 0 Å². The molecule has 13 heteroatoms. The highest BCUT2D eigenvalue weighted by molar-refractivity contribution is 5.97. The van der Waals surface area contributed by atoms with E-state index in [0.717, 1.165) is 22.9 Å². The van der Waals surface area contributed by atoms with E-state index in [2.05, 4.69) is 10.1 Å². The fourth-order valence-electron chi connectivity index (χ4n) is 5.89. The molecule has 0 N–H and O–H groups in total. The van der Waals surface area contributed by atoms with Gasteiger partial charge in [0.25, 0.3) is 5.91 Å². The summed E-state index contributed by atoms with van der Waals surface area (Å²) in [6.07, 6.45) is -1.29. The van der Waals surface area contributed by atoms with Crippen molar-refractivity contribution in [3.63, 3.8) is 0 Å². The molecule has 6 rings (SSSR count). The van der Waals surface area contributed by atoms with Gasteiger partial charge < -0.3 is 9.80 Å². The van der Waals surface area contributed by atoms with Crippen LogP contribution in [0.3, 0.4) is 0 Å². The van der Waals surface area contributed by atoms with Gasteiger partial charge in [-0.1, -0.05) is 0 Å². The van der Waals surface area contributed by atoms with Gasteiger partial charge in [-0.2, -0.15) is 18.3 Å². The molecule has 1 amide bonds. The molecule has 222 valence electrons. The molecular formula is C30H23F6N5O2. The Hall–Kier alpha value is -4.68. The molecule has 2 saturated heterocycles. The maximum atomic E-state index is 14.0. The van der Waals surface area contributed by atoms with E-state index in [1.807, 2.05) is 0 Å². The van der Waals surface area contributed by atoms with Crippen molar-refractivity contribution < 1.29 is 35.9 Å². The molecule has 0 radical (unpaired) electrons. The van der Waals surface area contributed by atoms with Crippen LogP contribution in [0.2, 0.25) is 0 Å². The maximum Gasteiger partial charge on any atom is 0.419 e. The van der Waals surface area contributed by atoms with Crippen molar-refractivity contribution in [1.82, 2.24) is 19.7 Å². The first-order valence-electron chi connectivity index (χ1n) is 13.4.